The zero-order valence-electron chi connectivity index (χ0n) is 50.4. The minimum Gasteiger partial charge on any atom is -0.456 e. The predicted octanol–water partition coefficient (Wildman–Crippen LogP) is 24.3. The third kappa shape index (κ3) is 8.60. The van der Waals surface area contributed by atoms with E-state index in [4.69, 9.17) is 53.8 Å². The summed E-state index contributed by atoms with van der Waals surface area (Å²) in [6, 6.07) is 79.2. The maximum absolute atomic E-state index is 6.40. The van der Waals surface area contributed by atoms with Gasteiger partial charge in [0.1, 0.15) is 33.5 Å². The van der Waals surface area contributed by atoms with Gasteiger partial charge in [-0.1, -0.05) is 204 Å². The van der Waals surface area contributed by atoms with Gasteiger partial charge in [0.15, 0.2) is 0 Å². The third-order valence-electron chi connectivity index (χ3n) is 19.1. The number of nitrogen functional groups attached to an aromatic ring is 1. The van der Waals surface area contributed by atoms with Gasteiger partial charge in [0.25, 0.3) is 0 Å². The van der Waals surface area contributed by atoms with Crippen LogP contribution in [0.2, 0.25) is 15.1 Å². The van der Waals surface area contributed by atoms with Crippen LogP contribution in [0, 0.1) is 0 Å². The molecule has 16 aromatic rings. The molecule has 0 spiro atoms. The molecule has 4 heterocycles. The standard InChI is InChI=1S/C27H20ClNO.C27H19NO.C21H15ClO.C6H6ClN/c1-27(2)21-15-16(29-23-9-5-4-8-22(23)28)11-12-17(21)19-13-14-20-18-7-3-6-10-24(18)30-26(20)25(19)27;1-27(2)21-14-23-20(15-7-3-5-9-22(15)28-23)13-19(21)17-11-12-18-16-8-4-6-10-24(16)29-26(18)25(17)27;1-21(2)17-11-12(22)7-8-13(17)15-9-10-16-14-5-3-4-6-18(14)23-20(16)19(15)21;7-5-3-1-2-4-6(5)8/h3-15,29H,1-2H3;3-14,28H,1-2H3;3-11H,1-2H3;1-4H,8H2. The number of aromatic nitrogens is 1. The van der Waals surface area contributed by atoms with E-state index in [1.54, 1.807) is 12.1 Å². The fourth-order valence-corrected chi connectivity index (χ4v) is 15.3. The van der Waals surface area contributed by atoms with Gasteiger partial charge in [-0.3, -0.25) is 0 Å². The second-order valence-electron chi connectivity index (χ2n) is 25.5. The molecule has 9 heteroatoms. The number of fused-ring (bicyclic) bond motifs is 24. The quantitative estimate of drug-likeness (QED) is 0.150. The van der Waals surface area contributed by atoms with Crippen molar-refractivity contribution in [2.75, 3.05) is 11.1 Å². The van der Waals surface area contributed by atoms with E-state index in [-0.39, 0.29) is 16.2 Å². The molecule has 438 valence electrons. The monoisotopic (exact) mass is 1230 g/mol. The topological polar surface area (TPSA) is 93.3 Å². The summed E-state index contributed by atoms with van der Waals surface area (Å²) in [6.07, 6.45) is 0. The third-order valence-corrected chi connectivity index (χ3v) is 20.0. The number of halogens is 3. The Morgan fingerprint density at radius 3 is 1.28 bits per heavy atom. The Hall–Kier alpha value is -9.69. The first-order valence-electron chi connectivity index (χ1n) is 30.4. The van der Waals surface area contributed by atoms with Gasteiger partial charge >= 0.3 is 0 Å². The van der Waals surface area contributed by atoms with Crippen LogP contribution in [0.5, 0.6) is 0 Å². The van der Waals surface area contributed by atoms with Gasteiger partial charge in [0.05, 0.1) is 21.4 Å². The van der Waals surface area contributed by atoms with Crippen LogP contribution >= 0.6 is 34.8 Å². The number of hydrogen-bond acceptors (Lipinski definition) is 5. The first kappa shape index (κ1) is 55.6. The highest BCUT2D eigenvalue weighted by atomic mass is 35.5. The molecular weight excluding hydrogens is 1170 g/mol. The first-order chi connectivity index (χ1) is 43.5. The van der Waals surface area contributed by atoms with Crippen LogP contribution in [-0.2, 0) is 16.2 Å². The molecule has 4 N–H and O–H groups in total. The lowest BCUT2D eigenvalue weighted by molar-refractivity contribution is 0.619. The van der Waals surface area contributed by atoms with Crippen molar-refractivity contribution >= 4 is 139 Å². The smallest absolute Gasteiger partial charge is 0.140 e. The summed E-state index contributed by atoms with van der Waals surface area (Å²) < 4.78 is 19.0. The summed E-state index contributed by atoms with van der Waals surface area (Å²) in [5, 5.41) is 15.3. The molecular formula is C81H60Cl3N3O3. The lowest BCUT2D eigenvalue weighted by Crippen LogP contribution is -2.15. The second-order valence-corrected chi connectivity index (χ2v) is 26.7. The minimum absolute atomic E-state index is 0.121. The lowest BCUT2D eigenvalue weighted by Gasteiger charge is -2.22. The van der Waals surface area contributed by atoms with E-state index < -0.39 is 0 Å². The molecule has 12 aromatic carbocycles. The largest absolute Gasteiger partial charge is 0.456 e. The number of rotatable bonds is 2. The Morgan fingerprint density at radius 1 is 0.344 bits per heavy atom. The summed E-state index contributed by atoms with van der Waals surface area (Å²) in [6.45, 7) is 13.7. The van der Waals surface area contributed by atoms with Crippen LogP contribution in [0.3, 0.4) is 0 Å². The highest BCUT2D eigenvalue weighted by Crippen LogP contribution is 2.57. The first-order valence-corrected chi connectivity index (χ1v) is 31.5. The zero-order chi connectivity index (χ0) is 61.5. The summed E-state index contributed by atoms with van der Waals surface area (Å²) in [4.78, 5) is 3.61. The van der Waals surface area contributed by atoms with Crippen molar-refractivity contribution in [2.45, 2.75) is 57.8 Å². The van der Waals surface area contributed by atoms with E-state index in [0.29, 0.717) is 15.7 Å². The number of para-hydroxylation sites is 6. The Balaban J connectivity index is 0.000000102. The van der Waals surface area contributed by atoms with Crippen LogP contribution in [-0.4, -0.2) is 4.98 Å². The van der Waals surface area contributed by atoms with Crippen molar-refractivity contribution in [2.24, 2.45) is 0 Å². The van der Waals surface area contributed by atoms with Crippen LogP contribution in [0.25, 0.3) is 121 Å². The molecule has 0 saturated carbocycles. The van der Waals surface area contributed by atoms with Crippen LogP contribution in [0.15, 0.2) is 244 Å². The van der Waals surface area contributed by atoms with E-state index in [0.717, 1.165) is 49.9 Å². The van der Waals surface area contributed by atoms with Crippen LogP contribution < -0.4 is 11.1 Å². The molecule has 3 aliphatic rings. The highest BCUT2D eigenvalue weighted by molar-refractivity contribution is 6.33. The number of furan rings is 3. The summed E-state index contributed by atoms with van der Waals surface area (Å²) in [5.74, 6) is 0. The van der Waals surface area contributed by atoms with E-state index in [1.165, 1.54) is 121 Å². The molecule has 0 fully saturated rings. The SMILES string of the molecule is CC1(C)c2cc(Cl)ccc2-c2ccc3c(oc4ccccc43)c21.CC1(C)c2cc(Nc3ccccc3Cl)ccc2-c2ccc3c(oc4ccccc43)c21.CC1(C)c2cc3[nH]c4ccccc4c3cc2-c2ccc3c(oc4ccccc43)c21.Nc1ccccc1Cl. The van der Waals surface area contributed by atoms with Crippen LogP contribution in [0.4, 0.5) is 17.1 Å². The molecule has 90 heavy (non-hydrogen) atoms. The van der Waals surface area contributed by atoms with Gasteiger partial charge in [-0.2, -0.15) is 0 Å². The predicted molar refractivity (Wildman–Crippen MR) is 379 cm³/mol. The zero-order valence-corrected chi connectivity index (χ0v) is 52.6. The van der Waals surface area contributed by atoms with Crippen molar-refractivity contribution < 1.29 is 13.3 Å². The molecule has 0 unspecified atom stereocenters. The fraction of sp³-hybridized carbons (Fsp3) is 0.111. The molecule has 0 bridgehead atoms. The van der Waals surface area contributed by atoms with Crippen molar-refractivity contribution in [3.63, 3.8) is 0 Å². The van der Waals surface area contributed by atoms with Gasteiger partial charge in [0, 0.05) is 97.8 Å². The normalized spacial score (nSPS) is 14.1. The van der Waals surface area contributed by atoms with Gasteiger partial charge < -0.3 is 29.3 Å². The van der Waals surface area contributed by atoms with E-state index in [1.807, 2.05) is 72.8 Å². The van der Waals surface area contributed by atoms with Gasteiger partial charge in [-0.05, 0) is 153 Å². The number of nitrogens with one attached hydrogen (secondary N) is 2. The van der Waals surface area contributed by atoms with E-state index >= 15 is 0 Å². The average Bonchev–Trinajstić information content (AvgIpc) is 1.58. The maximum atomic E-state index is 6.40. The number of nitrogens with two attached hydrogens (primary N) is 1. The molecule has 0 amide bonds. The van der Waals surface area contributed by atoms with Gasteiger partial charge in [-0.25, -0.2) is 0 Å². The summed E-state index contributed by atoms with van der Waals surface area (Å²) >= 11 is 18.2. The maximum Gasteiger partial charge on any atom is 0.140 e. The van der Waals surface area contributed by atoms with Crippen molar-refractivity contribution in [1.82, 2.24) is 4.98 Å². The van der Waals surface area contributed by atoms with Crippen molar-refractivity contribution in [3.05, 3.63) is 279 Å². The molecule has 0 saturated heterocycles. The number of anilines is 3. The van der Waals surface area contributed by atoms with Gasteiger partial charge in [0.2, 0.25) is 0 Å². The van der Waals surface area contributed by atoms with Crippen molar-refractivity contribution in [3.8, 4) is 33.4 Å². The number of H-pyrrole nitrogens is 1. The average molecular weight is 1230 g/mol. The number of benzene rings is 12. The molecule has 4 aromatic heterocycles. The highest BCUT2D eigenvalue weighted by Gasteiger charge is 2.42. The van der Waals surface area contributed by atoms with Crippen molar-refractivity contribution in [1.29, 1.82) is 0 Å². The fourth-order valence-electron chi connectivity index (χ4n) is 14.8. The molecule has 0 aliphatic heterocycles. The minimum atomic E-state index is -0.170. The second kappa shape index (κ2) is 20.7. The molecule has 0 atom stereocenters. The summed E-state index contributed by atoms with van der Waals surface area (Å²) in [7, 11) is 0. The Kier molecular flexibility index (Phi) is 12.8. The van der Waals surface area contributed by atoms with E-state index in [2.05, 4.69) is 197 Å². The Labute approximate surface area is 535 Å². The molecule has 0 radical (unpaired) electrons. The summed E-state index contributed by atoms with van der Waals surface area (Å²) in [5.41, 5.74) is 31.2. The van der Waals surface area contributed by atoms with Crippen LogP contribution in [0.1, 0.15) is 74.9 Å². The van der Waals surface area contributed by atoms with Gasteiger partial charge in [-0.15, -0.1) is 0 Å². The lowest BCUT2D eigenvalue weighted by atomic mass is 9.81. The van der Waals surface area contributed by atoms with E-state index in [9.17, 15) is 0 Å². The Morgan fingerprint density at radius 2 is 0.767 bits per heavy atom. The molecule has 3 aliphatic carbocycles. The molecule has 19 rings (SSSR count). The number of hydrogen-bond donors (Lipinski definition) is 3. The Bertz CT molecular complexity index is 5620. The molecule has 6 nitrogen and oxygen atoms in total. The number of aromatic amines is 1.